The SMILES string of the molecule is Cc1c(C(=O)N2CCN(C)CC2)nnc2c(-c3ccccc3)cnn12. The topological polar surface area (TPSA) is 66.6 Å². The Bertz CT molecular complexity index is 912. The fourth-order valence-electron chi connectivity index (χ4n) is 3.13. The Morgan fingerprint density at radius 2 is 1.76 bits per heavy atom. The second-order valence-corrected chi connectivity index (χ2v) is 6.39. The van der Waals surface area contributed by atoms with Gasteiger partial charge >= 0.3 is 0 Å². The molecular weight excluding hydrogens is 316 g/mol. The summed E-state index contributed by atoms with van der Waals surface area (Å²) in [6.45, 7) is 5.04. The summed E-state index contributed by atoms with van der Waals surface area (Å²) in [6.07, 6.45) is 1.77. The van der Waals surface area contributed by atoms with Gasteiger partial charge in [0.2, 0.25) is 0 Å². The molecule has 2 aromatic heterocycles. The summed E-state index contributed by atoms with van der Waals surface area (Å²) in [7, 11) is 2.06. The zero-order valence-corrected chi connectivity index (χ0v) is 14.4. The number of hydrogen-bond acceptors (Lipinski definition) is 5. The van der Waals surface area contributed by atoms with Crippen molar-refractivity contribution in [1.29, 1.82) is 0 Å². The van der Waals surface area contributed by atoms with Crippen LogP contribution < -0.4 is 0 Å². The lowest BCUT2D eigenvalue weighted by Gasteiger charge is -2.32. The highest BCUT2D eigenvalue weighted by Crippen LogP contribution is 2.23. The number of carbonyl (C=O) groups is 1. The number of hydrogen-bond donors (Lipinski definition) is 0. The first-order valence-corrected chi connectivity index (χ1v) is 8.39. The summed E-state index contributed by atoms with van der Waals surface area (Å²) in [6, 6.07) is 9.95. The lowest BCUT2D eigenvalue weighted by Crippen LogP contribution is -2.47. The molecule has 128 valence electrons. The normalized spacial score (nSPS) is 15.7. The number of carbonyl (C=O) groups excluding carboxylic acids is 1. The fraction of sp³-hybridized carbons (Fsp3) is 0.333. The van der Waals surface area contributed by atoms with Gasteiger partial charge in [0, 0.05) is 31.7 Å². The Labute approximate surface area is 145 Å². The molecule has 0 atom stereocenters. The molecule has 0 aliphatic carbocycles. The molecule has 0 radical (unpaired) electrons. The molecule has 3 heterocycles. The molecule has 4 rings (SSSR count). The molecule has 1 fully saturated rings. The van der Waals surface area contributed by atoms with Gasteiger partial charge in [0.05, 0.1) is 11.9 Å². The van der Waals surface area contributed by atoms with E-state index >= 15 is 0 Å². The van der Waals surface area contributed by atoms with Crippen LogP contribution in [-0.2, 0) is 0 Å². The van der Waals surface area contributed by atoms with Gasteiger partial charge in [-0.25, -0.2) is 4.52 Å². The zero-order chi connectivity index (χ0) is 17.4. The minimum Gasteiger partial charge on any atom is -0.335 e. The molecule has 1 aliphatic heterocycles. The quantitative estimate of drug-likeness (QED) is 0.709. The summed E-state index contributed by atoms with van der Waals surface area (Å²) in [5, 5.41) is 13.0. The maximum absolute atomic E-state index is 12.8. The van der Waals surface area contributed by atoms with E-state index in [-0.39, 0.29) is 5.91 Å². The van der Waals surface area contributed by atoms with Crippen molar-refractivity contribution >= 4 is 11.6 Å². The second-order valence-electron chi connectivity index (χ2n) is 6.39. The number of likely N-dealkylation sites (N-methyl/N-ethyl adjacent to an activating group) is 1. The third-order valence-corrected chi connectivity index (χ3v) is 4.73. The minimum absolute atomic E-state index is 0.0724. The van der Waals surface area contributed by atoms with E-state index < -0.39 is 0 Å². The lowest BCUT2D eigenvalue weighted by atomic mass is 10.1. The van der Waals surface area contributed by atoms with Gasteiger partial charge < -0.3 is 9.80 Å². The van der Waals surface area contributed by atoms with Crippen molar-refractivity contribution < 1.29 is 4.79 Å². The molecule has 1 amide bonds. The van der Waals surface area contributed by atoms with Crippen LogP contribution in [0.2, 0.25) is 0 Å². The van der Waals surface area contributed by atoms with Crippen molar-refractivity contribution in [3.8, 4) is 11.1 Å². The van der Waals surface area contributed by atoms with Crippen molar-refractivity contribution in [3.63, 3.8) is 0 Å². The van der Waals surface area contributed by atoms with Crippen molar-refractivity contribution in [2.24, 2.45) is 0 Å². The van der Waals surface area contributed by atoms with Gasteiger partial charge in [-0.05, 0) is 19.5 Å². The van der Waals surface area contributed by atoms with E-state index in [1.54, 1.807) is 10.7 Å². The summed E-state index contributed by atoms with van der Waals surface area (Å²) in [4.78, 5) is 16.9. The van der Waals surface area contributed by atoms with Crippen LogP contribution in [0.15, 0.2) is 36.5 Å². The molecule has 0 spiro atoms. The molecule has 0 bridgehead atoms. The number of fused-ring (bicyclic) bond motifs is 1. The van der Waals surface area contributed by atoms with Crippen molar-refractivity contribution in [2.75, 3.05) is 33.2 Å². The van der Waals surface area contributed by atoms with Gasteiger partial charge in [-0.1, -0.05) is 30.3 Å². The first kappa shape index (κ1) is 15.7. The van der Waals surface area contributed by atoms with Crippen molar-refractivity contribution in [1.82, 2.24) is 29.6 Å². The number of piperazine rings is 1. The number of amides is 1. The highest BCUT2D eigenvalue weighted by atomic mass is 16.2. The smallest absolute Gasteiger partial charge is 0.276 e. The highest BCUT2D eigenvalue weighted by molar-refractivity contribution is 5.93. The van der Waals surface area contributed by atoms with Gasteiger partial charge in [-0.2, -0.15) is 5.10 Å². The average molecular weight is 336 g/mol. The Kier molecular flexibility index (Phi) is 3.93. The van der Waals surface area contributed by atoms with E-state index in [0.717, 1.165) is 29.9 Å². The number of nitrogens with zero attached hydrogens (tertiary/aromatic N) is 6. The van der Waals surface area contributed by atoms with Crippen LogP contribution in [0, 0.1) is 6.92 Å². The Balaban J connectivity index is 1.71. The molecular formula is C18H20N6O. The molecule has 25 heavy (non-hydrogen) atoms. The van der Waals surface area contributed by atoms with Gasteiger partial charge in [-0.15, -0.1) is 10.2 Å². The Morgan fingerprint density at radius 1 is 1.04 bits per heavy atom. The molecule has 0 N–H and O–H groups in total. The van der Waals surface area contributed by atoms with Gasteiger partial charge in [-0.3, -0.25) is 4.79 Å². The standard InChI is InChI=1S/C18H20N6O/c1-13-16(18(25)23-10-8-22(2)9-11-23)20-21-17-15(12-19-24(13)17)14-6-4-3-5-7-14/h3-7,12H,8-11H2,1-2H3. The van der Waals surface area contributed by atoms with E-state index in [4.69, 9.17) is 0 Å². The largest absolute Gasteiger partial charge is 0.335 e. The zero-order valence-electron chi connectivity index (χ0n) is 14.4. The van der Waals surface area contributed by atoms with E-state index in [2.05, 4.69) is 27.2 Å². The monoisotopic (exact) mass is 336 g/mol. The molecule has 7 nitrogen and oxygen atoms in total. The summed E-state index contributed by atoms with van der Waals surface area (Å²) in [5.74, 6) is -0.0724. The molecule has 3 aromatic rings. The Morgan fingerprint density at radius 3 is 2.48 bits per heavy atom. The summed E-state index contributed by atoms with van der Waals surface area (Å²) >= 11 is 0. The summed E-state index contributed by atoms with van der Waals surface area (Å²) < 4.78 is 1.71. The van der Waals surface area contributed by atoms with Gasteiger partial charge in [0.25, 0.3) is 5.91 Å². The fourth-order valence-corrected chi connectivity index (χ4v) is 3.13. The highest BCUT2D eigenvalue weighted by Gasteiger charge is 2.25. The maximum Gasteiger partial charge on any atom is 0.276 e. The van der Waals surface area contributed by atoms with Crippen LogP contribution in [0.1, 0.15) is 16.2 Å². The minimum atomic E-state index is -0.0724. The number of rotatable bonds is 2. The van der Waals surface area contributed by atoms with Crippen LogP contribution in [0.3, 0.4) is 0 Å². The predicted molar refractivity (Wildman–Crippen MR) is 94.4 cm³/mol. The van der Waals surface area contributed by atoms with E-state index in [0.29, 0.717) is 24.4 Å². The number of aromatic nitrogens is 4. The Hall–Kier alpha value is -2.80. The average Bonchev–Trinajstić information content (AvgIpc) is 3.08. The number of aryl methyl sites for hydroxylation is 1. The van der Waals surface area contributed by atoms with Crippen LogP contribution in [0.4, 0.5) is 0 Å². The number of benzene rings is 1. The van der Waals surface area contributed by atoms with Crippen LogP contribution >= 0.6 is 0 Å². The molecule has 1 saturated heterocycles. The second kappa shape index (κ2) is 6.25. The van der Waals surface area contributed by atoms with E-state index in [1.165, 1.54) is 0 Å². The van der Waals surface area contributed by atoms with Gasteiger partial charge in [0.1, 0.15) is 0 Å². The van der Waals surface area contributed by atoms with Crippen LogP contribution in [-0.4, -0.2) is 68.7 Å². The predicted octanol–water partition coefficient (Wildman–Crippen LogP) is 1.49. The van der Waals surface area contributed by atoms with Gasteiger partial charge in [0.15, 0.2) is 11.3 Å². The molecule has 0 saturated carbocycles. The lowest BCUT2D eigenvalue weighted by molar-refractivity contribution is 0.0655. The molecule has 1 aromatic carbocycles. The van der Waals surface area contributed by atoms with Crippen molar-refractivity contribution in [3.05, 3.63) is 47.9 Å². The summed E-state index contributed by atoms with van der Waals surface area (Å²) in [5.41, 5.74) is 3.70. The van der Waals surface area contributed by atoms with E-state index in [9.17, 15) is 4.79 Å². The first-order chi connectivity index (χ1) is 12.1. The molecule has 0 unspecified atom stereocenters. The van der Waals surface area contributed by atoms with Crippen LogP contribution in [0.5, 0.6) is 0 Å². The molecule has 7 heteroatoms. The third-order valence-electron chi connectivity index (χ3n) is 4.73. The van der Waals surface area contributed by atoms with Crippen molar-refractivity contribution in [2.45, 2.75) is 6.92 Å². The third kappa shape index (κ3) is 2.76. The van der Waals surface area contributed by atoms with E-state index in [1.807, 2.05) is 42.2 Å². The molecule has 1 aliphatic rings. The first-order valence-electron chi connectivity index (χ1n) is 8.39. The maximum atomic E-state index is 12.8. The van der Waals surface area contributed by atoms with Crippen LogP contribution in [0.25, 0.3) is 16.8 Å².